The maximum Gasteiger partial charge on any atom is 0.472 e. The molecule has 0 aliphatic heterocycles. The summed E-state index contributed by atoms with van der Waals surface area (Å²) in [5.41, 5.74) is 0. The summed E-state index contributed by atoms with van der Waals surface area (Å²) in [6, 6.07) is 0. The molecule has 0 heterocycles. The van der Waals surface area contributed by atoms with Crippen LogP contribution in [0.15, 0.2) is 0 Å². The molecule has 0 spiro atoms. The van der Waals surface area contributed by atoms with Crippen molar-refractivity contribution < 1.29 is 80.2 Å². The Morgan fingerprint density at radius 2 is 0.460 bits per heavy atom. The molecule has 0 aromatic rings. The lowest BCUT2D eigenvalue weighted by Crippen LogP contribution is -2.30. The highest BCUT2D eigenvalue weighted by Gasteiger charge is 2.30. The van der Waals surface area contributed by atoms with Crippen molar-refractivity contribution in [2.24, 2.45) is 5.92 Å². The van der Waals surface area contributed by atoms with E-state index in [4.69, 9.17) is 37.0 Å². The van der Waals surface area contributed by atoms with Gasteiger partial charge in [0.15, 0.2) is 12.2 Å². The molecule has 19 heteroatoms. The Morgan fingerprint density at radius 1 is 0.270 bits per heavy atom. The SMILES string of the molecule is CCCCCCCCCCCCCCCCCCCCCCCCC(=O)O[C@H](COC(=O)CCCCCCCCCCCCCCCCCCCCCC)COP(=O)(O)OC[C@@H](O)COP(=O)(O)OC[C@@H](COC(=O)CCCCCCCCCC)OC(=O)CCCCCCCCCC(C)C. The molecule has 0 saturated carbocycles. The highest BCUT2D eigenvalue weighted by Crippen LogP contribution is 2.45. The first kappa shape index (κ1) is 98.1. The monoisotopic (exact) mass is 1470 g/mol. The number of hydrogen-bond acceptors (Lipinski definition) is 15. The van der Waals surface area contributed by atoms with Gasteiger partial charge in [-0.25, -0.2) is 9.13 Å². The number of rotatable bonds is 81. The Bertz CT molecular complexity index is 1910. The normalized spacial score (nSPS) is 13.8. The third kappa shape index (κ3) is 74.3. The first-order valence-corrected chi connectivity index (χ1v) is 45.1. The highest BCUT2D eigenvalue weighted by atomic mass is 31.2. The largest absolute Gasteiger partial charge is 0.472 e. The number of aliphatic hydroxyl groups excluding tert-OH is 1. The molecule has 0 saturated heterocycles. The number of ether oxygens (including phenoxy) is 4. The van der Waals surface area contributed by atoms with Gasteiger partial charge in [0.25, 0.3) is 0 Å². The van der Waals surface area contributed by atoms with E-state index in [1.807, 2.05) is 0 Å². The van der Waals surface area contributed by atoms with Crippen LogP contribution in [0.1, 0.15) is 433 Å². The Labute approximate surface area is 613 Å². The van der Waals surface area contributed by atoms with Crippen LogP contribution in [0.3, 0.4) is 0 Å². The van der Waals surface area contributed by atoms with E-state index in [-0.39, 0.29) is 25.7 Å². The second-order valence-corrected chi connectivity index (χ2v) is 32.5. The lowest BCUT2D eigenvalue weighted by Gasteiger charge is -2.21. The van der Waals surface area contributed by atoms with E-state index in [0.717, 1.165) is 96.3 Å². The minimum Gasteiger partial charge on any atom is -0.462 e. The predicted octanol–water partition coefficient (Wildman–Crippen LogP) is 24.4. The average Bonchev–Trinajstić information content (AvgIpc) is 1.000. The zero-order valence-corrected chi connectivity index (χ0v) is 67.1. The molecule has 2 unspecified atom stereocenters. The third-order valence-electron chi connectivity index (χ3n) is 19.0. The van der Waals surface area contributed by atoms with Gasteiger partial charge in [0, 0.05) is 25.7 Å². The number of aliphatic hydroxyl groups is 1. The van der Waals surface area contributed by atoms with Gasteiger partial charge in [-0.15, -0.1) is 0 Å². The second-order valence-electron chi connectivity index (χ2n) is 29.6. The predicted molar refractivity (Wildman–Crippen MR) is 409 cm³/mol. The van der Waals surface area contributed by atoms with Gasteiger partial charge in [-0.3, -0.25) is 37.3 Å². The smallest absolute Gasteiger partial charge is 0.462 e. The number of carbonyl (C=O) groups is 4. The Morgan fingerprint density at radius 3 is 0.680 bits per heavy atom. The van der Waals surface area contributed by atoms with Crippen molar-refractivity contribution >= 4 is 39.5 Å². The number of esters is 4. The van der Waals surface area contributed by atoms with E-state index in [9.17, 15) is 43.2 Å². The van der Waals surface area contributed by atoms with E-state index < -0.39 is 97.5 Å². The summed E-state index contributed by atoms with van der Waals surface area (Å²) < 4.78 is 68.5. The van der Waals surface area contributed by atoms with Crippen LogP contribution in [0.2, 0.25) is 0 Å². The fourth-order valence-corrected chi connectivity index (χ4v) is 14.2. The summed E-state index contributed by atoms with van der Waals surface area (Å²) in [5, 5.41) is 10.6. The van der Waals surface area contributed by atoms with Gasteiger partial charge in [-0.05, 0) is 31.6 Å². The minimum absolute atomic E-state index is 0.104. The van der Waals surface area contributed by atoms with Crippen LogP contribution in [-0.2, 0) is 65.4 Å². The Balaban J connectivity index is 5.14. The molecular weight excluding hydrogens is 1310 g/mol. The number of unbranched alkanes of at least 4 members (excludes halogenated alkanes) is 53. The summed E-state index contributed by atoms with van der Waals surface area (Å²) in [7, 11) is -9.91. The molecule has 0 bridgehead atoms. The van der Waals surface area contributed by atoms with Crippen LogP contribution in [0, 0.1) is 5.92 Å². The summed E-state index contributed by atoms with van der Waals surface area (Å²) >= 11 is 0. The summed E-state index contributed by atoms with van der Waals surface area (Å²) in [5.74, 6) is -1.42. The second kappa shape index (κ2) is 73.9. The van der Waals surface area contributed by atoms with Gasteiger partial charge < -0.3 is 33.8 Å². The van der Waals surface area contributed by atoms with Gasteiger partial charge in [0.2, 0.25) is 0 Å². The molecule has 0 fully saturated rings. The Hall–Kier alpha value is -1.94. The van der Waals surface area contributed by atoms with Crippen molar-refractivity contribution in [3.63, 3.8) is 0 Å². The summed E-state index contributed by atoms with van der Waals surface area (Å²) in [6.45, 7) is 7.22. The van der Waals surface area contributed by atoms with E-state index >= 15 is 0 Å². The molecule has 0 aromatic carbocycles. The van der Waals surface area contributed by atoms with Gasteiger partial charge >= 0.3 is 39.5 Å². The zero-order chi connectivity index (χ0) is 73.4. The molecule has 0 rings (SSSR count). The summed E-state index contributed by atoms with van der Waals surface area (Å²) in [4.78, 5) is 72.8. The van der Waals surface area contributed by atoms with E-state index in [2.05, 4.69) is 34.6 Å². The van der Waals surface area contributed by atoms with Crippen LogP contribution >= 0.6 is 15.6 Å². The highest BCUT2D eigenvalue weighted by molar-refractivity contribution is 7.47. The van der Waals surface area contributed by atoms with Crippen molar-refractivity contribution in [1.82, 2.24) is 0 Å². The number of hydrogen-bond donors (Lipinski definition) is 3. The molecule has 5 atom stereocenters. The Kier molecular flexibility index (Phi) is 72.5. The molecule has 0 aliphatic rings. The molecule has 17 nitrogen and oxygen atoms in total. The summed E-state index contributed by atoms with van der Waals surface area (Å²) in [6.07, 6.45) is 65.7. The minimum atomic E-state index is -4.96. The first-order valence-electron chi connectivity index (χ1n) is 42.1. The third-order valence-corrected chi connectivity index (χ3v) is 20.9. The molecule has 0 radical (unpaired) electrons. The fourth-order valence-electron chi connectivity index (χ4n) is 12.6. The molecule has 0 aromatic heterocycles. The molecular formula is C81H158O17P2. The molecule has 0 amide bonds. The zero-order valence-electron chi connectivity index (χ0n) is 65.3. The van der Waals surface area contributed by atoms with Gasteiger partial charge in [-0.1, -0.05) is 381 Å². The maximum absolute atomic E-state index is 13.1. The lowest BCUT2D eigenvalue weighted by atomic mass is 10.0. The average molecular weight is 1470 g/mol. The number of carbonyl (C=O) groups excluding carboxylic acids is 4. The molecule has 3 N–H and O–H groups in total. The van der Waals surface area contributed by atoms with Crippen LogP contribution in [0.5, 0.6) is 0 Å². The van der Waals surface area contributed by atoms with Crippen molar-refractivity contribution in [2.45, 2.75) is 451 Å². The van der Waals surface area contributed by atoms with Crippen LogP contribution in [-0.4, -0.2) is 96.7 Å². The lowest BCUT2D eigenvalue weighted by molar-refractivity contribution is -0.161. The van der Waals surface area contributed by atoms with Crippen molar-refractivity contribution in [3.05, 3.63) is 0 Å². The van der Waals surface area contributed by atoms with Crippen LogP contribution in [0.4, 0.5) is 0 Å². The number of phosphoric ester groups is 2. The standard InChI is InChI=1S/C81H158O17P2/c1-6-9-12-15-18-21-23-25-27-29-31-33-34-36-38-40-42-44-46-51-56-61-66-80(85)97-76(71-92-79(84)65-60-55-50-45-43-41-39-37-35-32-30-28-26-24-22-19-16-13-10-7-2)72-95-99(87,88)93-68-75(82)69-94-100(89,90)96-73-77(70-91-78(83)64-59-54-49-20-17-14-11-8-3)98-81(86)67-62-57-52-47-48-53-58-63-74(4)5/h74-77,82H,6-73H2,1-5H3,(H,87,88)(H,89,90)/t75-,76-,77-/m1/s1. The first-order chi connectivity index (χ1) is 48.5. The van der Waals surface area contributed by atoms with Gasteiger partial charge in [0.1, 0.15) is 19.3 Å². The molecule has 100 heavy (non-hydrogen) atoms. The number of phosphoric acid groups is 2. The van der Waals surface area contributed by atoms with Crippen molar-refractivity contribution in [2.75, 3.05) is 39.6 Å². The molecule has 0 aliphatic carbocycles. The van der Waals surface area contributed by atoms with E-state index in [0.29, 0.717) is 31.6 Å². The van der Waals surface area contributed by atoms with Crippen molar-refractivity contribution in [3.8, 4) is 0 Å². The van der Waals surface area contributed by atoms with E-state index in [1.54, 1.807) is 0 Å². The van der Waals surface area contributed by atoms with Crippen LogP contribution < -0.4 is 0 Å². The maximum atomic E-state index is 13.1. The van der Waals surface area contributed by atoms with Gasteiger partial charge in [0.05, 0.1) is 26.4 Å². The molecule has 594 valence electrons. The fraction of sp³-hybridized carbons (Fsp3) is 0.951. The van der Waals surface area contributed by atoms with Gasteiger partial charge in [-0.2, -0.15) is 0 Å². The topological polar surface area (TPSA) is 237 Å². The van der Waals surface area contributed by atoms with E-state index in [1.165, 1.54) is 250 Å². The van der Waals surface area contributed by atoms with Crippen molar-refractivity contribution in [1.29, 1.82) is 0 Å². The van der Waals surface area contributed by atoms with Crippen LogP contribution in [0.25, 0.3) is 0 Å². The quantitative estimate of drug-likeness (QED) is 0.0222.